The first kappa shape index (κ1) is 16.9. The number of unbranched alkanes of at least 4 members (excludes halogenated alkanes) is 1. The van der Waals surface area contributed by atoms with E-state index in [2.05, 4.69) is 24.0 Å². The third kappa shape index (κ3) is 4.54. The number of ether oxygens (including phenoxy) is 1. The molecule has 0 aromatic heterocycles. The lowest BCUT2D eigenvalue weighted by molar-refractivity contribution is -0.130. The summed E-state index contributed by atoms with van der Waals surface area (Å²) in [5.74, 6) is -0.0471. The third-order valence-corrected chi connectivity index (χ3v) is 3.98. The number of hydrogen-bond acceptors (Lipinski definition) is 3. The number of allylic oxidation sites excluding steroid dienone is 2. The van der Waals surface area contributed by atoms with E-state index in [1.807, 2.05) is 54.6 Å². The predicted molar refractivity (Wildman–Crippen MR) is 101 cm³/mol. The minimum Gasteiger partial charge on any atom is -0.402 e. The number of cyclic esters (lactones) is 1. The molecular formula is C22H21NO2. The fraction of sp³-hybridized carbons (Fsp3) is 0.182. The van der Waals surface area contributed by atoms with Crippen LogP contribution in [0.3, 0.4) is 0 Å². The van der Waals surface area contributed by atoms with Gasteiger partial charge in [-0.1, -0.05) is 68.0 Å². The zero-order valence-corrected chi connectivity index (χ0v) is 14.3. The van der Waals surface area contributed by atoms with Gasteiger partial charge in [-0.3, -0.25) is 0 Å². The van der Waals surface area contributed by atoms with Gasteiger partial charge < -0.3 is 4.74 Å². The highest BCUT2D eigenvalue weighted by Gasteiger charge is 2.23. The molecule has 1 aliphatic rings. The molecule has 3 nitrogen and oxygen atoms in total. The van der Waals surface area contributed by atoms with Gasteiger partial charge in [-0.05, 0) is 42.2 Å². The van der Waals surface area contributed by atoms with E-state index in [0.717, 1.165) is 17.5 Å². The van der Waals surface area contributed by atoms with E-state index in [-0.39, 0.29) is 0 Å². The Bertz CT molecular complexity index is 815. The average Bonchev–Trinajstić information content (AvgIpc) is 3.02. The van der Waals surface area contributed by atoms with Crippen LogP contribution < -0.4 is 0 Å². The van der Waals surface area contributed by atoms with Crippen molar-refractivity contribution >= 4 is 17.9 Å². The van der Waals surface area contributed by atoms with E-state index >= 15 is 0 Å². The fourth-order valence-corrected chi connectivity index (χ4v) is 2.56. The van der Waals surface area contributed by atoms with Crippen molar-refractivity contribution in [3.05, 3.63) is 89.1 Å². The van der Waals surface area contributed by atoms with Crippen molar-refractivity contribution in [2.24, 2.45) is 4.99 Å². The second-order valence-electron chi connectivity index (χ2n) is 5.93. The van der Waals surface area contributed by atoms with Gasteiger partial charge in [0.2, 0.25) is 5.90 Å². The Kier molecular flexibility index (Phi) is 5.57. The molecule has 0 spiro atoms. The largest absolute Gasteiger partial charge is 0.402 e. The zero-order valence-electron chi connectivity index (χ0n) is 14.3. The van der Waals surface area contributed by atoms with E-state index in [0.29, 0.717) is 11.6 Å². The highest BCUT2D eigenvalue weighted by atomic mass is 16.6. The Morgan fingerprint density at radius 1 is 1.04 bits per heavy atom. The Balaban J connectivity index is 1.71. The SMILES string of the molecule is CCCCc1ccc(C2=NC(=CC=Cc3ccccc3)C(=O)O2)cc1. The van der Waals surface area contributed by atoms with Crippen molar-refractivity contribution in [2.75, 3.05) is 0 Å². The molecule has 0 saturated heterocycles. The molecule has 3 heteroatoms. The summed E-state index contributed by atoms with van der Waals surface area (Å²) in [5, 5.41) is 0. The molecule has 2 aromatic carbocycles. The highest BCUT2D eigenvalue weighted by molar-refractivity contribution is 6.11. The van der Waals surface area contributed by atoms with Crippen molar-refractivity contribution < 1.29 is 9.53 Å². The highest BCUT2D eigenvalue weighted by Crippen LogP contribution is 2.18. The number of rotatable bonds is 6. The summed E-state index contributed by atoms with van der Waals surface area (Å²) in [6, 6.07) is 18.0. The smallest absolute Gasteiger partial charge is 0.363 e. The quantitative estimate of drug-likeness (QED) is 0.556. The zero-order chi connectivity index (χ0) is 17.5. The maximum atomic E-state index is 12.0. The molecular weight excluding hydrogens is 310 g/mol. The van der Waals surface area contributed by atoms with Crippen molar-refractivity contribution in [1.82, 2.24) is 0 Å². The standard InChI is InChI=1S/C22H21NO2/c1-2-3-8-18-13-15-19(16-14-18)21-23-20(22(24)25-21)12-7-11-17-9-5-4-6-10-17/h4-7,9-16H,2-3,8H2,1H3. The molecule has 0 radical (unpaired) electrons. The molecule has 0 bridgehead atoms. The van der Waals surface area contributed by atoms with Crippen LogP contribution in [0.25, 0.3) is 6.08 Å². The van der Waals surface area contributed by atoms with E-state index < -0.39 is 5.97 Å². The van der Waals surface area contributed by atoms with E-state index in [1.54, 1.807) is 6.08 Å². The Morgan fingerprint density at radius 2 is 1.80 bits per heavy atom. The first-order chi connectivity index (χ1) is 12.3. The van der Waals surface area contributed by atoms with Crippen molar-refractivity contribution in [2.45, 2.75) is 26.2 Å². The summed E-state index contributed by atoms with van der Waals surface area (Å²) < 4.78 is 5.29. The van der Waals surface area contributed by atoms with Crippen molar-refractivity contribution in [3.63, 3.8) is 0 Å². The topological polar surface area (TPSA) is 38.7 Å². The molecule has 0 fully saturated rings. The number of nitrogens with zero attached hydrogens (tertiary/aromatic N) is 1. The lowest BCUT2D eigenvalue weighted by atomic mass is 10.1. The van der Waals surface area contributed by atoms with Gasteiger partial charge in [0.1, 0.15) is 0 Å². The summed E-state index contributed by atoms with van der Waals surface area (Å²) in [4.78, 5) is 16.3. The summed E-state index contributed by atoms with van der Waals surface area (Å²) in [6.07, 6.45) is 8.84. The number of carbonyl (C=O) groups is 1. The predicted octanol–water partition coefficient (Wildman–Crippen LogP) is 4.93. The van der Waals surface area contributed by atoms with Crippen LogP contribution in [0.4, 0.5) is 0 Å². The van der Waals surface area contributed by atoms with Gasteiger partial charge in [-0.15, -0.1) is 0 Å². The van der Waals surface area contributed by atoms with Crippen LogP contribution in [0.15, 0.2) is 77.4 Å². The molecule has 1 heterocycles. The van der Waals surface area contributed by atoms with E-state index in [4.69, 9.17) is 4.74 Å². The van der Waals surface area contributed by atoms with Crippen LogP contribution in [0.5, 0.6) is 0 Å². The van der Waals surface area contributed by atoms with Crippen LogP contribution >= 0.6 is 0 Å². The Morgan fingerprint density at radius 3 is 2.52 bits per heavy atom. The van der Waals surface area contributed by atoms with Gasteiger partial charge in [0.15, 0.2) is 5.70 Å². The Labute approximate surface area is 148 Å². The number of aliphatic imine (C=N–C) groups is 1. The summed E-state index contributed by atoms with van der Waals surface area (Å²) >= 11 is 0. The molecule has 2 aromatic rings. The number of esters is 1. The lowest BCUT2D eigenvalue weighted by Crippen LogP contribution is -2.05. The van der Waals surface area contributed by atoms with Gasteiger partial charge in [0.05, 0.1) is 0 Å². The minimum absolute atomic E-state index is 0.317. The number of benzene rings is 2. The maximum Gasteiger partial charge on any atom is 0.363 e. The molecule has 0 aliphatic carbocycles. The van der Waals surface area contributed by atoms with Crippen molar-refractivity contribution in [3.8, 4) is 0 Å². The van der Waals surface area contributed by atoms with Crippen LogP contribution in [0.1, 0.15) is 36.5 Å². The second kappa shape index (κ2) is 8.25. The Hall–Kier alpha value is -2.94. The summed E-state index contributed by atoms with van der Waals surface area (Å²) in [6.45, 7) is 2.18. The molecule has 0 unspecified atom stereocenters. The second-order valence-corrected chi connectivity index (χ2v) is 5.93. The fourth-order valence-electron chi connectivity index (χ4n) is 2.56. The van der Waals surface area contributed by atoms with Gasteiger partial charge in [-0.2, -0.15) is 0 Å². The average molecular weight is 331 g/mol. The van der Waals surface area contributed by atoms with Crippen LogP contribution in [0, 0.1) is 0 Å². The number of aryl methyl sites for hydroxylation is 1. The van der Waals surface area contributed by atoms with E-state index in [9.17, 15) is 4.79 Å². The molecule has 3 rings (SSSR count). The number of hydrogen-bond donors (Lipinski definition) is 0. The minimum atomic E-state index is -0.414. The van der Waals surface area contributed by atoms with Gasteiger partial charge in [-0.25, -0.2) is 9.79 Å². The lowest BCUT2D eigenvalue weighted by Gasteiger charge is -2.02. The monoisotopic (exact) mass is 331 g/mol. The summed E-state index contributed by atoms with van der Waals surface area (Å²) in [5.41, 5.74) is 3.50. The van der Waals surface area contributed by atoms with E-state index in [1.165, 1.54) is 18.4 Å². The molecule has 126 valence electrons. The van der Waals surface area contributed by atoms with Crippen LogP contribution in [-0.4, -0.2) is 11.9 Å². The van der Waals surface area contributed by atoms with Gasteiger partial charge in [0, 0.05) is 5.56 Å². The van der Waals surface area contributed by atoms with Gasteiger partial charge in [0.25, 0.3) is 0 Å². The molecule has 0 N–H and O–H groups in total. The molecule has 0 saturated carbocycles. The first-order valence-electron chi connectivity index (χ1n) is 8.60. The van der Waals surface area contributed by atoms with Crippen LogP contribution in [-0.2, 0) is 16.0 Å². The van der Waals surface area contributed by atoms with Gasteiger partial charge >= 0.3 is 5.97 Å². The normalized spacial score (nSPS) is 15.6. The van der Waals surface area contributed by atoms with Crippen LogP contribution in [0.2, 0.25) is 0 Å². The first-order valence-corrected chi connectivity index (χ1v) is 8.60. The molecule has 0 amide bonds. The third-order valence-electron chi connectivity index (χ3n) is 3.98. The molecule has 0 atom stereocenters. The molecule has 25 heavy (non-hydrogen) atoms. The summed E-state index contributed by atoms with van der Waals surface area (Å²) in [7, 11) is 0. The maximum absolute atomic E-state index is 12.0. The van der Waals surface area contributed by atoms with Crippen molar-refractivity contribution in [1.29, 1.82) is 0 Å². The number of carbonyl (C=O) groups excluding carboxylic acids is 1. The molecule has 1 aliphatic heterocycles.